The van der Waals surface area contributed by atoms with Crippen LogP contribution in [0.2, 0.25) is 0 Å². The molecule has 0 unspecified atom stereocenters. The number of phenols is 1. The molecule has 0 saturated carbocycles. The fraction of sp³-hybridized carbons (Fsp3) is 0.111. The summed E-state index contributed by atoms with van der Waals surface area (Å²) in [5, 5.41) is 13.9. The van der Waals surface area contributed by atoms with Crippen LogP contribution in [-0.4, -0.2) is 19.6 Å². The van der Waals surface area contributed by atoms with Gasteiger partial charge in [-0.15, -0.1) is 0 Å². The number of aromatic nitrogens is 3. The van der Waals surface area contributed by atoms with Crippen molar-refractivity contribution in [1.82, 2.24) is 14.5 Å². The third kappa shape index (κ3) is 4.45. The first-order valence-corrected chi connectivity index (χ1v) is 10.8. The van der Waals surface area contributed by atoms with Gasteiger partial charge in [0.15, 0.2) is 0 Å². The number of nitrogens with one attached hydrogen (secondary N) is 1. The van der Waals surface area contributed by atoms with Crippen molar-refractivity contribution in [3.05, 3.63) is 107 Å². The molecule has 0 spiro atoms. The van der Waals surface area contributed by atoms with Crippen molar-refractivity contribution in [2.24, 2.45) is 0 Å². The highest BCUT2D eigenvalue weighted by Gasteiger charge is 2.16. The molecular formula is C27H22F2N4O. The topological polar surface area (TPSA) is 63.0 Å². The zero-order chi connectivity index (χ0) is 23.7. The number of nitrogens with zero attached hydrogens (tertiary/aromatic N) is 3. The molecule has 2 N–H and O–H groups in total. The highest BCUT2D eigenvalue weighted by atomic mass is 19.1. The van der Waals surface area contributed by atoms with Crippen LogP contribution in [0.4, 0.5) is 14.6 Å². The minimum atomic E-state index is -0.632. The summed E-state index contributed by atoms with van der Waals surface area (Å²) in [4.78, 5) is 8.94. The maximum absolute atomic E-state index is 13.9. The molecule has 0 aliphatic heterocycles. The van der Waals surface area contributed by atoms with Gasteiger partial charge in [0.2, 0.25) is 0 Å². The van der Waals surface area contributed by atoms with E-state index in [1.807, 2.05) is 35.8 Å². The van der Waals surface area contributed by atoms with Gasteiger partial charge in [-0.05, 0) is 66.1 Å². The van der Waals surface area contributed by atoms with Crippen molar-refractivity contribution in [3.63, 3.8) is 0 Å². The second-order valence-corrected chi connectivity index (χ2v) is 8.24. The molecule has 5 aromatic rings. The van der Waals surface area contributed by atoms with E-state index in [9.17, 15) is 13.9 Å². The van der Waals surface area contributed by atoms with Gasteiger partial charge in [0, 0.05) is 19.2 Å². The largest absolute Gasteiger partial charge is 0.508 e. The molecule has 7 heteroatoms. The molecule has 170 valence electrons. The summed E-state index contributed by atoms with van der Waals surface area (Å²) >= 11 is 0. The van der Waals surface area contributed by atoms with E-state index >= 15 is 0 Å². The predicted molar refractivity (Wildman–Crippen MR) is 129 cm³/mol. The van der Waals surface area contributed by atoms with Gasteiger partial charge in [0.25, 0.3) is 0 Å². The molecule has 0 radical (unpaired) electrons. The molecular weight excluding hydrogens is 434 g/mol. The quantitative estimate of drug-likeness (QED) is 0.326. The standard InChI is InChI=1S/C27H22F2N4O/c1-17-3-2-4-18(9-17)14-30-26-24-13-25(20-5-7-23(34)8-6-20)33(27(24)32-16-31-26)15-19-10-21(28)12-22(29)11-19/h2-13,16,34H,14-15H2,1H3,(H,30,31,32). The normalized spacial score (nSPS) is 11.1. The first kappa shape index (κ1) is 21.6. The number of hydrogen-bond donors (Lipinski definition) is 2. The summed E-state index contributed by atoms with van der Waals surface area (Å²) in [6, 6.07) is 20.4. The molecule has 34 heavy (non-hydrogen) atoms. The van der Waals surface area contributed by atoms with Gasteiger partial charge in [-0.1, -0.05) is 29.8 Å². The molecule has 0 aliphatic rings. The molecule has 3 aromatic carbocycles. The van der Waals surface area contributed by atoms with E-state index in [1.54, 1.807) is 24.3 Å². The first-order chi connectivity index (χ1) is 16.5. The van der Waals surface area contributed by atoms with Crippen LogP contribution >= 0.6 is 0 Å². The van der Waals surface area contributed by atoms with E-state index in [0.717, 1.165) is 28.3 Å². The zero-order valence-corrected chi connectivity index (χ0v) is 18.5. The van der Waals surface area contributed by atoms with E-state index in [4.69, 9.17) is 0 Å². The Morgan fingerprint density at radius 2 is 1.65 bits per heavy atom. The fourth-order valence-corrected chi connectivity index (χ4v) is 4.13. The first-order valence-electron chi connectivity index (χ1n) is 10.8. The van der Waals surface area contributed by atoms with E-state index in [2.05, 4.69) is 21.4 Å². The van der Waals surface area contributed by atoms with E-state index in [1.165, 1.54) is 24.0 Å². The molecule has 5 rings (SSSR count). The molecule has 0 amide bonds. The minimum Gasteiger partial charge on any atom is -0.508 e. The number of anilines is 1. The van der Waals surface area contributed by atoms with Gasteiger partial charge in [-0.25, -0.2) is 18.7 Å². The second-order valence-electron chi connectivity index (χ2n) is 8.24. The van der Waals surface area contributed by atoms with Crippen LogP contribution in [0, 0.1) is 18.6 Å². The number of fused-ring (bicyclic) bond motifs is 1. The van der Waals surface area contributed by atoms with Crippen molar-refractivity contribution in [3.8, 4) is 17.0 Å². The Labute approximate surface area is 195 Å². The number of aryl methyl sites for hydroxylation is 1. The van der Waals surface area contributed by atoms with Gasteiger partial charge in [-0.2, -0.15) is 0 Å². The van der Waals surface area contributed by atoms with Gasteiger partial charge in [0.1, 0.15) is 35.2 Å². The van der Waals surface area contributed by atoms with Gasteiger partial charge >= 0.3 is 0 Å². The molecule has 0 saturated heterocycles. The SMILES string of the molecule is Cc1cccc(CNc2ncnc3c2cc(-c2ccc(O)cc2)n3Cc2cc(F)cc(F)c2)c1. The lowest BCUT2D eigenvalue weighted by atomic mass is 10.1. The smallest absolute Gasteiger partial charge is 0.146 e. The maximum Gasteiger partial charge on any atom is 0.146 e. The van der Waals surface area contributed by atoms with Gasteiger partial charge in [0.05, 0.1) is 11.1 Å². The Kier molecular flexibility index (Phi) is 5.67. The van der Waals surface area contributed by atoms with E-state index in [-0.39, 0.29) is 12.3 Å². The Hall–Kier alpha value is -4.26. The maximum atomic E-state index is 13.9. The Balaban J connectivity index is 1.60. The molecule has 0 atom stereocenters. The highest BCUT2D eigenvalue weighted by molar-refractivity contribution is 5.92. The number of phenolic OH excluding ortho intramolecular Hbond substituents is 1. The fourth-order valence-electron chi connectivity index (χ4n) is 4.13. The van der Waals surface area contributed by atoms with Crippen LogP contribution in [0.5, 0.6) is 5.75 Å². The summed E-state index contributed by atoms with van der Waals surface area (Å²) in [6.07, 6.45) is 1.48. The average Bonchev–Trinajstić information content (AvgIpc) is 3.16. The molecule has 5 nitrogen and oxygen atoms in total. The van der Waals surface area contributed by atoms with E-state index < -0.39 is 11.6 Å². The second kappa shape index (κ2) is 8.94. The zero-order valence-electron chi connectivity index (χ0n) is 18.5. The molecule has 0 fully saturated rings. The van der Waals surface area contributed by atoms with Crippen molar-refractivity contribution in [1.29, 1.82) is 0 Å². The number of hydrogen-bond acceptors (Lipinski definition) is 4. The van der Waals surface area contributed by atoms with Crippen LogP contribution in [0.15, 0.2) is 79.1 Å². The highest BCUT2D eigenvalue weighted by Crippen LogP contribution is 2.32. The van der Waals surface area contributed by atoms with Crippen LogP contribution in [-0.2, 0) is 13.1 Å². The monoisotopic (exact) mass is 456 g/mol. The molecule has 0 aliphatic carbocycles. The Morgan fingerprint density at radius 3 is 2.38 bits per heavy atom. The van der Waals surface area contributed by atoms with Crippen LogP contribution < -0.4 is 5.32 Å². The molecule has 0 bridgehead atoms. The van der Waals surface area contributed by atoms with Crippen LogP contribution in [0.1, 0.15) is 16.7 Å². The molecule has 2 heterocycles. The third-order valence-corrected chi connectivity index (χ3v) is 5.66. The molecule has 2 aromatic heterocycles. The van der Waals surface area contributed by atoms with Crippen LogP contribution in [0.25, 0.3) is 22.3 Å². The van der Waals surface area contributed by atoms with Gasteiger partial charge < -0.3 is 15.0 Å². The number of halogens is 2. The van der Waals surface area contributed by atoms with Crippen molar-refractivity contribution >= 4 is 16.9 Å². The van der Waals surface area contributed by atoms with Crippen molar-refractivity contribution in [2.75, 3.05) is 5.32 Å². The number of rotatable bonds is 6. The van der Waals surface area contributed by atoms with Crippen molar-refractivity contribution < 1.29 is 13.9 Å². The summed E-state index contributed by atoms with van der Waals surface area (Å²) in [5.41, 5.74) is 5.03. The van der Waals surface area contributed by atoms with Gasteiger partial charge in [-0.3, -0.25) is 0 Å². The third-order valence-electron chi connectivity index (χ3n) is 5.66. The lowest BCUT2D eigenvalue weighted by Gasteiger charge is -2.12. The number of aromatic hydroxyl groups is 1. The summed E-state index contributed by atoms with van der Waals surface area (Å²) < 4.78 is 29.7. The summed E-state index contributed by atoms with van der Waals surface area (Å²) in [7, 11) is 0. The minimum absolute atomic E-state index is 0.152. The van der Waals surface area contributed by atoms with Crippen LogP contribution in [0.3, 0.4) is 0 Å². The summed E-state index contributed by atoms with van der Waals surface area (Å²) in [6.45, 7) is 2.84. The average molecular weight is 456 g/mol. The number of benzene rings is 3. The summed E-state index contributed by atoms with van der Waals surface area (Å²) in [5.74, 6) is -0.449. The van der Waals surface area contributed by atoms with Crippen molar-refractivity contribution in [2.45, 2.75) is 20.0 Å². The van der Waals surface area contributed by atoms with E-state index in [0.29, 0.717) is 23.6 Å². The lowest BCUT2D eigenvalue weighted by Crippen LogP contribution is -2.05. The predicted octanol–water partition coefficient (Wildman–Crippen LogP) is 6.05. The Bertz CT molecular complexity index is 1460. The lowest BCUT2D eigenvalue weighted by molar-refractivity contribution is 0.475. The Morgan fingerprint density at radius 1 is 0.882 bits per heavy atom.